The Hall–Kier alpha value is -3.83. The summed E-state index contributed by atoms with van der Waals surface area (Å²) in [6.07, 6.45) is 1.32. The summed E-state index contributed by atoms with van der Waals surface area (Å²) in [5, 5.41) is 15.6. The largest absolute Gasteiger partial charge is 0.480 e. The second-order valence-corrected chi connectivity index (χ2v) is 11.9. The Balaban J connectivity index is 1.39. The van der Waals surface area contributed by atoms with Gasteiger partial charge < -0.3 is 26.4 Å². The van der Waals surface area contributed by atoms with Gasteiger partial charge in [0.05, 0.1) is 16.8 Å². The van der Waals surface area contributed by atoms with Gasteiger partial charge in [0.25, 0.3) is 5.91 Å². The second-order valence-electron chi connectivity index (χ2n) is 9.65. The zero-order chi connectivity index (χ0) is 27.4. The normalized spacial score (nSPS) is 22.3. The number of carbonyl (C=O) groups is 4. The zero-order valence-corrected chi connectivity index (χ0v) is 21.9. The molecule has 196 valence electrons. The molecule has 0 aliphatic carbocycles. The van der Waals surface area contributed by atoms with Crippen LogP contribution in [0.3, 0.4) is 0 Å². The summed E-state index contributed by atoms with van der Waals surface area (Å²) in [6.45, 7) is 3.51. The third-order valence-corrected chi connectivity index (χ3v) is 8.57. The lowest BCUT2D eigenvalue weighted by atomic mass is 9.95. The molecular formula is C26H24ClN5O5S. The molecule has 2 saturated heterocycles. The highest BCUT2D eigenvalue weighted by Crippen LogP contribution is 2.50. The average molecular weight is 554 g/mol. The highest BCUT2D eigenvalue weighted by atomic mass is 35.5. The van der Waals surface area contributed by atoms with Crippen LogP contribution in [0.2, 0.25) is 5.02 Å². The summed E-state index contributed by atoms with van der Waals surface area (Å²) in [7, 11) is 0. The van der Waals surface area contributed by atoms with Gasteiger partial charge in [-0.25, -0.2) is 4.79 Å². The van der Waals surface area contributed by atoms with Gasteiger partial charge >= 0.3 is 5.97 Å². The number of pyridine rings is 1. The van der Waals surface area contributed by atoms with Crippen LogP contribution in [0, 0.1) is 0 Å². The number of rotatable bonds is 6. The van der Waals surface area contributed by atoms with Crippen molar-refractivity contribution < 1.29 is 24.3 Å². The van der Waals surface area contributed by atoms with E-state index in [0.717, 1.165) is 0 Å². The Morgan fingerprint density at radius 3 is 2.58 bits per heavy atom. The van der Waals surface area contributed by atoms with Gasteiger partial charge in [0.15, 0.2) is 0 Å². The number of nitrogens with one attached hydrogen (secondary N) is 2. The quantitative estimate of drug-likeness (QED) is 0.339. The first-order chi connectivity index (χ1) is 18.0. The van der Waals surface area contributed by atoms with Crippen molar-refractivity contribution >= 4 is 63.6 Å². The van der Waals surface area contributed by atoms with Crippen LogP contribution < -0.4 is 16.4 Å². The smallest absolute Gasteiger partial charge is 0.327 e. The number of anilines is 1. The number of carbonyl (C=O) groups excluding carboxylic acids is 3. The van der Waals surface area contributed by atoms with Crippen molar-refractivity contribution in [2.45, 2.75) is 42.1 Å². The van der Waals surface area contributed by atoms with Crippen molar-refractivity contribution in [3.8, 4) is 0 Å². The molecule has 12 heteroatoms. The van der Waals surface area contributed by atoms with Crippen molar-refractivity contribution in [2.24, 2.45) is 0 Å². The Kier molecular flexibility index (Phi) is 6.44. The monoisotopic (exact) mass is 553 g/mol. The summed E-state index contributed by atoms with van der Waals surface area (Å²) in [5.74, 6) is -2.81. The molecule has 3 heterocycles. The van der Waals surface area contributed by atoms with E-state index in [0.29, 0.717) is 21.5 Å². The fraction of sp³-hybridized carbons (Fsp3) is 0.269. The summed E-state index contributed by atoms with van der Waals surface area (Å²) in [4.78, 5) is 57.0. The third kappa shape index (κ3) is 4.31. The average Bonchev–Trinajstić information content (AvgIpc) is 3.14. The number of aliphatic carboxylic acids is 1. The minimum Gasteiger partial charge on any atom is -0.480 e. The summed E-state index contributed by atoms with van der Waals surface area (Å²) in [5.41, 5.74) is 7.54. The van der Waals surface area contributed by atoms with Crippen LogP contribution in [-0.4, -0.2) is 60.9 Å². The maximum Gasteiger partial charge on any atom is 0.327 e. The number of hydrogen-bond acceptors (Lipinski definition) is 7. The molecule has 4 atom stereocenters. The summed E-state index contributed by atoms with van der Waals surface area (Å²) in [6, 6.07) is 10.4. The molecule has 0 radical (unpaired) electrons. The molecule has 1 aromatic heterocycles. The lowest BCUT2D eigenvalue weighted by Gasteiger charge is -2.44. The molecule has 0 saturated carbocycles. The number of hydrogen-bond donors (Lipinski definition) is 4. The molecule has 3 amide bonds. The van der Waals surface area contributed by atoms with Crippen LogP contribution in [-0.2, 0) is 14.4 Å². The first-order valence-electron chi connectivity index (χ1n) is 11.7. The molecule has 5 N–H and O–H groups in total. The van der Waals surface area contributed by atoms with E-state index in [1.54, 1.807) is 62.4 Å². The molecule has 3 aromatic rings. The molecule has 0 spiro atoms. The van der Waals surface area contributed by atoms with Gasteiger partial charge in [0.2, 0.25) is 11.8 Å². The first kappa shape index (κ1) is 25.8. The number of β-lactam (4-membered cyclic amide) rings is 1. The van der Waals surface area contributed by atoms with Crippen LogP contribution >= 0.6 is 23.4 Å². The van der Waals surface area contributed by atoms with E-state index in [9.17, 15) is 24.3 Å². The maximum atomic E-state index is 13.5. The van der Waals surface area contributed by atoms with Gasteiger partial charge in [-0.1, -0.05) is 41.9 Å². The number of amides is 3. The predicted octanol–water partition coefficient (Wildman–Crippen LogP) is 2.57. The standard InChI is InChI=1S/C26H24ClN5O5S/c1-26(2)20(25(36)37)32-23(35)19(24(32)38-26)31-22(34)18(12-6-4-3-5-7-12)30-21(33)15-11-29-16-10-13(27)8-9-14(16)17(15)28/h3-11,18-20,24H,1-2H3,(H2,28,29)(H,30,33)(H,31,34)(H,36,37)/t18?,19-,20+,24-/m1/s1. The SMILES string of the molecule is CC1(C)S[C@@H]2[C@H](NC(=O)C(NC(=O)c3cnc4cc(Cl)ccc4c3N)c3ccccc3)C(=O)N2[C@H]1C(=O)O. The molecule has 10 nitrogen and oxygen atoms in total. The number of nitrogens with zero attached hydrogens (tertiary/aromatic N) is 2. The number of fused-ring (bicyclic) bond motifs is 2. The van der Waals surface area contributed by atoms with Gasteiger partial charge in [-0.3, -0.25) is 19.4 Å². The molecule has 0 bridgehead atoms. The van der Waals surface area contributed by atoms with E-state index in [-0.39, 0.29) is 11.3 Å². The van der Waals surface area contributed by atoms with Gasteiger partial charge in [-0.15, -0.1) is 11.8 Å². The second kappa shape index (κ2) is 9.48. The van der Waals surface area contributed by atoms with Crippen LogP contribution in [0.1, 0.15) is 35.8 Å². The molecule has 1 unspecified atom stereocenters. The Bertz CT molecular complexity index is 1480. The molecular weight excluding hydrogens is 530 g/mol. The van der Waals surface area contributed by atoms with E-state index >= 15 is 0 Å². The number of halogens is 1. The lowest BCUT2D eigenvalue weighted by Crippen LogP contribution is -2.71. The molecule has 5 rings (SSSR count). The number of benzene rings is 2. The van der Waals surface area contributed by atoms with Crippen molar-refractivity contribution in [1.29, 1.82) is 0 Å². The predicted molar refractivity (Wildman–Crippen MR) is 143 cm³/mol. The number of aromatic nitrogens is 1. The third-order valence-electron chi connectivity index (χ3n) is 6.76. The molecule has 2 fully saturated rings. The van der Waals surface area contributed by atoms with Gasteiger partial charge in [-0.2, -0.15) is 0 Å². The van der Waals surface area contributed by atoms with Crippen LogP contribution in [0.15, 0.2) is 54.7 Å². The van der Waals surface area contributed by atoms with E-state index < -0.39 is 51.9 Å². The number of carboxylic acid groups (broad SMARTS) is 1. The lowest BCUT2D eigenvalue weighted by molar-refractivity contribution is -0.161. The van der Waals surface area contributed by atoms with Crippen molar-refractivity contribution in [3.05, 3.63) is 70.9 Å². The van der Waals surface area contributed by atoms with Crippen molar-refractivity contribution in [1.82, 2.24) is 20.5 Å². The van der Waals surface area contributed by atoms with Crippen LogP contribution in [0.25, 0.3) is 10.9 Å². The Labute approximate surface area is 226 Å². The molecule has 2 aliphatic heterocycles. The van der Waals surface area contributed by atoms with Gasteiger partial charge in [-0.05, 0) is 37.6 Å². The van der Waals surface area contributed by atoms with Crippen molar-refractivity contribution in [2.75, 3.05) is 5.73 Å². The van der Waals surface area contributed by atoms with Crippen molar-refractivity contribution in [3.63, 3.8) is 0 Å². The highest BCUT2D eigenvalue weighted by Gasteiger charge is 2.64. The first-order valence-corrected chi connectivity index (χ1v) is 13.0. The van der Waals surface area contributed by atoms with E-state index in [1.165, 1.54) is 22.9 Å². The Morgan fingerprint density at radius 2 is 1.89 bits per heavy atom. The van der Waals surface area contributed by atoms with E-state index in [1.807, 2.05) is 0 Å². The van der Waals surface area contributed by atoms with E-state index in [2.05, 4.69) is 15.6 Å². The Morgan fingerprint density at radius 1 is 1.18 bits per heavy atom. The number of thioether (sulfide) groups is 1. The minimum atomic E-state index is -1.15. The van der Waals surface area contributed by atoms with Crippen LogP contribution in [0.4, 0.5) is 5.69 Å². The zero-order valence-electron chi connectivity index (χ0n) is 20.3. The number of carboxylic acids is 1. The molecule has 38 heavy (non-hydrogen) atoms. The van der Waals surface area contributed by atoms with Gasteiger partial charge in [0.1, 0.15) is 23.5 Å². The minimum absolute atomic E-state index is 0.0804. The van der Waals surface area contributed by atoms with Gasteiger partial charge in [0, 0.05) is 21.4 Å². The highest BCUT2D eigenvalue weighted by molar-refractivity contribution is 8.01. The van der Waals surface area contributed by atoms with Crippen LogP contribution in [0.5, 0.6) is 0 Å². The maximum absolute atomic E-state index is 13.5. The van der Waals surface area contributed by atoms with E-state index in [4.69, 9.17) is 17.3 Å². The summed E-state index contributed by atoms with van der Waals surface area (Å²) >= 11 is 7.34. The fourth-order valence-electron chi connectivity index (χ4n) is 4.91. The number of nitrogen functional groups attached to an aromatic ring is 1. The molecule has 2 aliphatic rings. The number of nitrogens with two attached hydrogens (primary N) is 1. The molecule has 2 aromatic carbocycles. The summed E-state index contributed by atoms with van der Waals surface area (Å²) < 4.78 is -0.733. The fourth-order valence-corrected chi connectivity index (χ4v) is 6.70. The topological polar surface area (TPSA) is 155 Å².